The summed E-state index contributed by atoms with van der Waals surface area (Å²) in [5, 5.41) is 11.0. The second kappa shape index (κ2) is 16.5. The maximum Gasteiger partial charge on any atom is 0.328 e. The van der Waals surface area contributed by atoms with Crippen molar-refractivity contribution in [2.45, 2.75) is 77.9 Å². The van der Waals surface area contributed by atoms with Crippen molar-refractivity contribution in [2.75, 3.05) is 13.7 Å². The summed E-state index contributed by atoms with van der Waals surface area (Å²) >= 11 is 0. The van der Waals surface area contributed by atoms with Crippen LogP contribution in [-0.4, -0.2) is 61.4 Å². The highest BCUT2D eigenvalue weighted by atomic mass is 19.1. The molecule has 4 atom stereocenters. The quantitative estimate of drug-likeness (QED) is 0.317. The van der Waals surface area contributed by atoms with Crippen LogP contribution >= 0.6 is 0 Å². The van der Waals surface area contributed by atoms with Gasteiger partial charge in [-0.15, -0.1) is 0 Å². The molecular formula is C30H43FN4O6. The average molecular weight is 575 g/mol. The van der Waals surface area contributed by atoms with E-state index in [2.05, 4.69) is 21.3 Å². The van der Waals surface area contributed by atoms with Crippen molar-refractivity contribution in [1.29, 1.82) is 0 Å². The Morgan fingerprint density at radius 3 is 2.37 bits per heavy atom. The lowest BCUT2D eigenvalue weighted by Gasteiger charge is -2.27. The highest BCUT2D eigenvalue weighted by Crippen LogP contribution is 2.19. The van der Waals surface area contributed by atoms with E-state index in [0.29, 0.717) is 31.4 Å². The molecule has 1 aromatic rings. The molecule has 4 amide bonds. The summed E-state index contributed by atoms with van der Waals surface area (Å²) in [6.07, 6.45) is 4.68. The zero-order valence-electron chi connectivity index (χ0n) is 24.5. The number of rotatable bonds is 10. The Kier molecular flexibility index (Phi) is 13.5. The van der Waals surface area contributed by atoms with Crippen LogP contribution in [0.25, 0.3) is 0 Å². The van der Waals surface area contributed by atoms with Crippen LogP contribution < -0.4 is 21.3 Å². The van der Waals surface area contributed by atoms with Gasteiger partial charge in [0.1, 0.15) is 11.9 Å². The molecule has 11 heteroatoms. The predicted octanol–water partition coefficient (Wildman–Crippen LogP) is 2.81. The minimum Gasteiger partial charge on any atom is -0.467 e. The lowest BCUT2D eigenvalue weighted by atomic mass is 9.88. The normalized spacial score (nSPS) is 20.5. The Morgan fingerprint density at radius 1 is 1.05 bits per heavy atom. The second-order valence-corrected chi connectivity index (χ2v) is 11.0. The van der Waals surface area contributed by atoms with Crippen LogP contribution in [0.15, 0.2) is 36.4 Å². The molecule has 0 bridgehead atoms. The zero-order chi connectivity index (χ0) is 30.5. The molecule has 0 fully saturated rings. The Labute approximate surface area is 241 Å². The van der Waals surface area contributed by atoms with Gasteiger partial charge in [-0.2, -0.15) is 0 Å². The first-order chi connectivity index (χ1) is 19.4. The molecule has 41 heavy (non-hydrogen) atoms. The van der Waals surface area contributed by atoms with Crippen LogP contribution in [0.2, 0.25) is 0 Å². The van der Waals surface area contributed by atoms with Crippen LogP contribution in [0, 0.1) is 23.6 Å². The predicted molar refractivity (Wildman–Crippen MR) is 152 cm³/mol. The first-order valence-corrected chi connectivity index (χ1v) is 14.1. The van der Waals surface area contributed by atoms with Crippen molar-refractivity contribution in [1.82, 2.24) is 21.3 Å². The summed E-state index contributed by atoms with van der Waals surface area (Å²) in [6.45, 7) is 7.52. The van der Waals surface area contributed by atoms with Crippen molar-refractivity contribution < 1.29 is 33.1 Å². The molecule has 4 N–H and O–H groups in total. The fourth-order valence-corrected chi connectivity index (χ4v) is 4.64. The van der Waals surface area contributed by atoms with E-state index < -0.39 is 41.9 Å². The third-order valence-electron chi connectivity index (χ3n) is 6.96. The maximum absolute atomic E-state index is 13.8. The molecule has 0 saturated carbocycles. The summed E-state index contributed by atoms with van der Waals surface area (Å²) in [5.41, 5.74) is 0.641. The summed E-state index contributed by atoms with van der Waals surface area (Å²) in [5.74, 6) is -3.15. The number of urea groups is 1. The van der Waals surface area contributed by atoms with Crippen LogP contribution in [0.5, 0.6) is 0 Å². The standard InChI is InChI=1S/C30H43FN4O6/c1-18(2)26(34-30(40)35-27(19(3)4)29(39)41-5)24(36)17-21-10-6-7-14-32-25(37)13-12-23(33-28(21)38)16-20-9-8-11-22(31)15-20/h8-9,11-13,15,18-19,21,23,26-27H,6-7,10,14,16-17H2,1-5H3,(H,32,37)(H,33,38)(H2,34,35,40)/b13-12+/t21-,23-,26+,27+/m1/s1. The van der Waals surface area contributed by atoms with Gasteiger partial charge < -0.3 is 26.0 Å². The number of amides is 4. The monoisotopic (exact) mass is 574 g/mol. The first kappa shape index (κ1) is 33.4. The van der Waals surface area contributed by atoms with E-state index in [9.17, 15) is 28.4 Å². The van der Waals surface area contributed by atoms with Gasteiger partial charge in [-0.05, 0) is 48.8 Å². The van der Waals surface area contributed by atoms with Gasteiger partial charge in [-0.1, -0.05) is 52.3 Å². The van der Waals surface area contributed by atoms with Gasteiger partial charge in [0, 0.05) is 25.0 Å². The molecule has 0 saturated heterocycles. The number of hydrogen-bond donors (Lipinski definition) is 4. The van der Waals surface area contributed by atoms with Crippen LogP contribution in [-0.2, 0) is 30.3 Å². The van der Waals surface area contributed by atoms with E-state index >= 15 is 0 Å². The van der Waals surface area contributed by atoms with E-state index in [0.717, 1.165) is 0 Å². The van der Waals surface area contributed by atoms with Crippen LogP contribution in [0.3, 0.4) is 0 Å². The number of methoxy groups -OCH3 is 1. The van der Waals surface area contributed by atoms with E-state index in [4.69, 9.17) is 4.74 Å². The molecular weight excluding hydrogens is 531 g/mol. The third kappa shape index (κ3) is 11.3. The molecule has 0 radical (unpaired) electrons. The number of nitrogens with one attached hydrogen (secondary N) is 4. The highest BCUT2D eigenvalue weighted by molar-refractivity contribution is 5.93. The molecule has 0 spiro atoms. The number of ketones is 1. The van der Waals surface area contributed by atoms with Crippen molar-refractivity contribution in [3.63, 3.8) is 0 Å². The van der Waals surface area contributed by atoms with Crippen LogP contribution in [0.4, 0.5) is 9.18 Å². The largest absolute Gasteiger partial charge is 0.467 e. The number of halogens is 1. The molecule has 0 aliphatic carbocycles. The van der Waals surface area contributed by atoms with Crippen molar-refractivity contribution in [2.24, 2.45) is 17.8 Å². The minimum absolute atomic E-state index is 0.109. The molecule has 0 unspecified atom stereocenters. The van der Waals surface area contributed by atoms with Gasteiger partial charge in [0.15, 0.2) is 5.78 Å². The maximum atomic E-state index is 13.8. The Morgan fingerprint density at radius 2 is 1.73 bits per heavy atom. The van der Waals surface area contributed by atoms with Crippen LogP contribution in [0.1, 0.15) is 58.9 Å². The number of carbonyl (C=O) groups excluding carboxylic acids is 5. The molecule has 0 aromatic heterocycles. The zero-order valence-corrected chi connectivity index (χ0v) is 24.5. The van der Waals surface area contributed by atoms with Gasteiger partial charge >= 0.3 is 12.0 Å². The topological polar surface area (TPSA) is 143 Å². The number of hydrogen-bond acceptors (Lipinski definition) is 6. The fourth-order valence-electron chi connectivity index (χ4n) is 4.64. The minimum atomic E-state index is -0.892. The van der Waals surface area contributed by atoms with Gasteiger partial charge in [-0.25, -0.2) is 14.0 Å². The number of ether oxygens (including phenoxy) is 1. The van der Waals surface area contributed by atoms with Gasteiger partial charge in [0.25, 0.3) is 0 Å². The number of Topliss-reactive ketones (excluding diaryl/α,β-unsaturated/α-hetero) is 1. The second-order valence-electron chi connectivity index (χ2n) is 11.0. The number of esters is 1. The SMILES string of the molecule is COC(=O)[C@@H](NC(=O)N[C@H](C(=O)C[C@H]1CCCCNC(=O)/C=C/[C@H](Cc2cccc(F)c2)NC1=O)C(C)C)C(C)C. The molecule has 1 aliphatic heterocycles. The molecule has 226 valence electrons. The molecule has 1 aliphatic rings. The number of carbonyl (C=O) groups is 5. The molecule has 1 heterocycles. The Balaban J connectivity index is 2.18. The van der Waals surface area contributed by atoms with E-state index in [1.165, 1.54) is 25.3 Å². The average Bonchev–Trinajstić information content (AvgIpc) is 2.90. The van der Waals surface area contributed by atoms with Crippen molar-refractivity contribution in [3.05, 3.63) is 47.8 Å². The smallest absolute Gasteiger partial charge is 0.328 e. The van der Waals surface area contributed by atoms with Gasteiger partial charge in [0.2, 0.25) is 11.8 Å². The van der Waals surface area contributed by atoms with Crippen molar-refractivity contribution in [3.8, 4) is 0 Å². The molecule has 10 nitrogen and oxygen atoms in total. The molecule has 2 rings (SSSR count). The lowest BCUT2D eigenvalue weighted by Crippen LogP contribution is -2.54. The Hall–Kier alpha value is -3.76. The summed E-state index contributed by atoms with van der Waals surface area (Å²) in [4.78, 5) is 63.8. The Bertz CT molecular complexity index is 1110. The van der Waals surface area contributed by atoms with E-state index in [-0.39, 0.29) is 42.3 Å². The van der Waals surface area contributed by atoms with Gasteiger partial charge in [0.05, 0.1) is 19.2 Å². The molecule has 1 aromatic carbocycles. The van der Waals surface area contributed by atoms with E-state index in [1.54, 1.807) is 45.9 Å². The van der Waals surface area contributed by atoms with E-state index in [1.807, 2.05) is 0 Å². The third-order valence-corrected chi connectivity index (χ3v) is 6.96. The summed E-state index contributed by atoms with van der Waals surface area (Å²) < 4.78 is 18.5. The van der Waals surface area contributed by atoms with Crippen molar-refractivity contribution >= 4 is 29.6 Å². The fraction of sp³-hybridized carbons (Fsp3) is 0.567. The highest BCUT2D eigenvalue weighted by Gasteiger charge is 2.32. The summed E-state index contributed by atoms with van der Waals surface area (Å²) in [7, 11) is 1.23. The van der Waals surface area contributed by atoms with Gasteiger partial charge in [-0.3, -0.25) is 14.4 Å². The number of benzene rings is 1. The first-order valence-electron chi connectivity index (χ1n) is 14.1. The lowest BCUT2D eigenvalue weighted by molar-refractivity contribution is -0.144. The summed E-state index contributed by atoms with van der Waals surface area (Å²) in [6, 6.07) is 2.93.